The van der Waals surface area contributed by atoms with Gasteiger partial charge in [0.15, 0.2) is 5.84 Å². The molecule has 0 aliphatic heterocycles. The van der Waals surface area contributed by atoms with Crippen molar-refractivity contribution in [2.45, 2.75) is 26.2 Å². The molecule has 4 nitrogen and oxygen atoms in total. The normalized spacial score (nSPS) is 13.0. The highest BCUT2D eigenvalue weighted by Crippen LogP contribution is 2.31. The van der Waals surface area contributed by atoms with E-state index < -0.39 is 0 Å². The molecule has 2 aromatic carbocycles. The Hall–Kier alpha value is -2.49. The summed E-state index contributed by atoms with van der Waals surface area (Å²) in [5.41, 5.74) is 7.39. The highest BCUT2D eigenvalue weighted by molar-refractivity contribution is 5.97. The number of hydrogen-bond donors (Lipinski definition) is 2. The monoisotopic (exact) mass is 284 g/mol. The van der Waals surface area contributed by atoms with Crippen LogP contribution in [0.2, 0.25) is 0 Å². The van der Waals surface area contributed by atoms with Crippen molar-refractivity contribution in [3.05, 3.63) is 59.7 Å². The molecule has 21 heavy (non-hydrogen) atoms. The summed E-state index contributed by atoms with van der Waals surface area (Å²) in [5.74, 6) is 2.11. The SMILES string of the molecule is CCC(C)c1ccccc1Oc1ccc(/C(N)=N/O)cc1. The average molecular weight is 284 g/mol. The van der Waals surface area contributed by atoms with Crippen LogP contribution in [0.3, 0.4) is 0 Å². The van der Waals surface area contributed by atoms with E-state index in [1.165, 1.54) is 5.56 Å². The number of benzene rings is 2. The second kappa shape index (κ2) is 6.79. The Morgan fingerprint density at radius 3 is 2.48 bits per heavy atom. The Bertz CT molecular complexity index is 621. The number of ether oxygens (including phenoxy) is 1. The largest absolute Gasteiger partial charge is 0.457 e. The molecule has 2 aromatic rings. The summed E-state index contributed by atoms with van der Waals surface area (Å²) in [6, 6.07) is 15.2. The summed E-state index contributed by atoms with van der Waals surface area (Å²) in [7, 11) is 0. The lowest BCUT2D eigenvalue weighted by atomic mass is 9.98. The third-order valence-electron chi connectivity index (χ3n) is 3.55. The molecule has 0 amide bonds. The van der Waals surface area contributed by atoms with Crippen LogP contribution in [0, 0.1) is 0 Å². The molecular weight excluding hydrogens is 264 g/mol. The molecule has 0 aliphatic carbocycles. The molecule has 0 aromatic heterocycles. The second-order valence-electron chi connectivity index (χ2n) is 4.96. The van der Waals surface area contributed by atoms with Crippen molar-refractivity contribution < 1.29 is 9.94 Å². The number of para-hydroxylation sites is 1. The predicted molar refractivity (Wildman–Crippen MR) is 84.2 cm³/mol. The Morgan fingerprint density at radius 2 is 1.86 bits per heavy atom. The second-order valence-corrected chi connectivity index (χ2v) is 4.96. The van der Waals surface area contributed by atoms with Crippen molar-refractivity contribution in [1.29, 1.82) is 0 Å². The lowest BCUT2D eigenvalue weighted by Crippen LogP contribution is -2.12. The van der Waals surface area contributed by atoms with Crippen molar-refractivity contribution in [2.75, 3.05) is 0 Å². The maximum absolute atomic E-state index is 8.65. The fourth-order valence-corrected chi connectivity index (χ4v) is 2.08. The van der Waals surface area contributed by atoms with Crippen LogP contribution in [0.5, 0.6) is 11.5 Å². The smallest absolute Gasteiger partial charge is 0.170 e. The van der Waals surface area contributed by atoms with Gasteiger partial charge < -0.3 is 15.7 Å². The number of hydrogen-bond acceptors (Lipinski definition) is 3. The Kier molecular flexibility index (Phi) is 4.82. The van der Waals surface area contributed by atoms with Gasteiger partial charge in [-0.1, -0.05) is 37.2 Å². The minimum atomic E-state index is 0.0848. The van der Waals surface area contributed by atoms with Gasteiger partial charge in [-0.15, -0.1) is 0 Å². The third kappa shape index (κ3) is 3.54. The topological polar surface area (TPSA) is 67.8 Å². The van der Waals surface area contributed by atoms with Gasteiger partial charge in [0.25, 0.3) is 0 Å². The van der Waals surface area contributed by atoms with Gasteiger partial charge in [0.05, 0.1) is 0 Å². The van der Waals surface area contributed by atoms with Crippen LogP contribution in [0.1, 0.15) is 37.3 Å². The van der Waals surface area contributed by atoms with E-state index in [4.69, 9.17) is 15.7 Å². The fourth-order valence-electron chi connectivity index (χ4n) is 2.08. The van der Waals surface area contributed by atoms with Crippen molar-refractivity contribution in [3.63, 3.8) is 0 Å². The first kappa shape index (κ1) is 14.9. The molecule has 0 heterocycles. The summed E-state index contributed by atoms with van der Waals surface area (Å²) >= 11 is 0. The molecule has 0 radical (unpaired) electrons. The Labute approximate surface area is 124 Å². The quantitative estimate of drug-likeness (QED) is 0.376. The number of oxime groups is 1. The summed E-state index contributed by atoms with van der Waals surface area (Å²) in [5, 5.41) is 11.6. The van der Waals surface area contributed by atoms with E-state index in [0.717, 1.165) is 17.9 Å². The van der Waals surface area contributed by atoms with E-state index in [1.54, 1.807) is 24.3 Å². The molecule has 4 heteroatoms. The molecule has 0 aliphatic rings. The van der Waals surface area contributed by atoms with Crippen molar-refractivity contribution in [3.8, 4) is 11.5 Å². The van der Waals surface area contributed by atoms with Gasteiger partial charge in [0, 0.05) is 5.56 Å². The molecule has 0 spiro atoms. The maximum Gasteiger partial charge on any atom is 0.170 e. The van der Waals surface area contributed by atoms with E-state index in [0.29, 0.717) is 11.5 Å². The number of nitrogens with two attached hydrogens (primary N) is 1. The summed E-state index contributed by atoms with van der Waals surface area (Å²) in [6.45, 7) is 4.34. The molecule has 0 fully saturated rings. The van der Waals surface area contributed by atoms with Gasteiger partial charge in [-0.2, -0.15) is 0 Å². The van der Waals surface area contributed by atoms with Crippen molar-refractivity contribution >= 4 is 5.84 Å². The zero-order chi connectivity index (χ0) is 15.2. The fraction of sp³-hybridized carbons (Fsp3) is 0.235. The highest BCUT2D eigenvalue weighted by Gasteiger charge is 2.10. The zero-order valence-electron chi connectivity index (χ0n) is 12.3. The van der Waals surface area contributed by atoms with E-state index in [9.17, 15) is 0 Å². The minimum absolute atomic E-state index is 0.0848. The molecule has 0 saturated heterocycles. The van der Waals surface area contributed by atoms with E-state index in [-0.39, 0.29) is 5.84 Å². The maximum atomic E-state index is 8.65. The number of rotatable bonds is 5. The molecule has 2 rings (SSSR count). The molecular formula is C17H20N2O2. The minimum Gasteiger partial charge on any atom is -0.457 e. The summed E-state index contributed by atoms with van der Waals surface area (Å²) in [4.78, 5) is 0. The lowest BCUT2D eigenvalue weighted by molar-refractivity contribution is 0.318. The zero-order valence-corrected chi connectivity index (χ0v) is 12.3. The standard InChI is InChI=1S/C17H20N2O2/c1-3-12(2)15-6-4-5-7-16(15)21-14-10-8-13(9-11-14)17(18)19-20/h4-12,20H,3H2,1-2H3,(H2,18,19). The molecule has 3 N–H and O–H groups in total. The summed E-state index contributed by atoms with van der Waals surface area (Å²) < 4.78 is 5.96. The van der Waals surface area contributed by atoms with Gasteiger partial charge in [-0.3, -0.25) is 0 Å². The number of amidine groups is 1. The van der Waals surface area contributed by atoms with Crippen LogP contribution in [0.15, 0.2) is 53.7 Å². The molecule has 1 atom stereocenters. The van der Waals surface area contributed by atoms with Gasteiger partial charge in [0.1, 0.15) is 11.5 Å². The van der Waals surface area contributed by atoms with E-state index in [1.807, 2.05) is 18.2 Å². The van der Waals surface area contributed by atoms with Crippen LogP contribution in [-0.4, -0.2) is 11.0 Å². The van der Waals surface area contributed by atoms with Gasteiger partial charge in [0.2, 0.25) is 0 Å². The van der Waals surface area contributed by atoms with Gasteiger partial charge >= 0.3 is 0 Å². The van der Waals surface area contributed by atoms with Gasteiger partial charge in [-0.25, -0.2) is 0 Å². The molecule has 0 bridgehead atoms. The van der Waals surface area contributed by atoms with E-state index >= 15 is 0 Å². The molecule has 1 unspecified atom stereocenters. The van der Waals surface area contributed by atoms with Crippen LogP contribution in [0.25, 0.3) is 0 Å². The first-order valence-electron chi connectivity index (χ1n) is 7.00. The van der Waals surface area contributed by atoms with Crippen LogP contribution >= 0.6 is 0 Å². The molecule has 0 saturated carbocycles. The van der Waals surface area contributed by atoms with Crippen molar-refractivity contribution in [1.82, 2.24) is 0 Å². The van der Waals surface area contributed by atoms with Crippen molar-refractivity contribution in [2.24, 2.45) is 10.9 Å². The van der Waals surface area contributed by atoms with Crippen LogP contribution in [0.4, 0.5) is 0 Å². The Balaban J connectivity index is 2.23. The van der Waals surface area contributed by atoms with Crippen LogP contribution in [-0.2, 0) is 0 Å². The molecule has 110 valence electrons. The van der Waals surface area contributed by atoms with Gasteiger partial charge in [-0.05, 0) is 48.2 Å². The first-order valence-corrected chi connectivity index (χ1v) is 7.00. The third-order valence-corrected chi connectivity index (χ3v) is 3.55. The average Bonchev–Trinajstić information content (AvgIpc) is 2.54. The summed E-state index contributed by atoms with van der Waals surface area (Å²) in [6.07, 6.45) is 1.06. The highest BCUT2D eigenvalue weighted by atomic mass is 16.5. The number of nitrogens with zero attached hydrogens (tertiary/aromatic N) is 1. The predicted octanol–water partition coefficient (Wildman–Crippen LogP) is 4.09. The van der Waals surface area contributed by atoms with Crippen LogP contribution < -0.4 is 10.5 Å². The lowest BCUT2D eigenvalue weighted by Gasteiger charge is -2.15. The Morgan fingerprint density at radius 1 is 1.19 bits per heavy atom. The first-order chi connectivity index (χ1) is 10.2. The van der Waals surface area contributed by atoms with E-state index in [2.05, 4.69) is 25.1 Å².